The van der Waals surface area contributed by atoms with Crippen LogP contribution in [0.15, 0.2) is 6.20 Å². The zero-order valence-electron chi connectivity index (χ0n) is 10.9. The van der Waals surface area contributed by atoms with Gasteiger partial charge in [0, 0.05) is 17.8 Å². The third-order valence-electron chi connectivity index (χ3n) is 3.53. The number of hydrogen-bond donors (Lipinski definition) is 1. The first-order chi connectivity index (χ1) is 7.50. The highest BCUT2D eigenvalue weighted by molar-refractivity contribution is 5.33. The molecule has 1 aliphatic rings. The summed E-state index contributed by atoms with van der Waals surface area (Å²) in [5, 5.41) is 3.64. The Bertz CT molecular complexity index is 359. The molecule has 16 heavy (non-hydrogen) atoms. The highest BCUT2D eigenvalue weighted by atomic mass is 15.2. The molecule has 0 unspecified atom stereocenters. The standard InChI is InChI=1S/C13H23N3/c1-10(2)16-9-11(3)14-12(16)15-13(4)7-5-6-8-13/h9-10H,5-8H2,1-4H3,(H,14,15). The molecule has 1 aliphatic carbocycles. The van der Waals surface area contributed by atoms with Crippen LogP contribution < -0.4 is 5.32 Å². The summed E-state index contributed by atoms with van der Waals surface area (Å²) in [5.74, 6) is 1.04. The molecule has 3 nitrogen and oxygen atoms in total. The quantitative estimate of drug-likeness (QED) is 0.846. The molecule has 0 amide bonds. The molecule has 90 valence electrons. The first-order valence-corrected chi connectivity index (χ1v) is 6.34. The lowest BCUT2D eigenvalue weighted by Crippen LogP contribution is -2.32. The van der Waals surface area contributed by atoms with Gasteiger partial charge in [-0.1, -0.05) is 12.8 Å². The van der Waals surface area contributed by atoms with E-state index in [2.05, 4.69) is 48.8 Å². The molecule has 0 saturated heterocycles. The molecule has 0 spiro atoms. The third-order valence-corrected chi connectivity index (χ3v) is 3.53. The molecule has 1 heterocycles. The van der Waals surface area contributed by atoms with E-state index in [-0.39, 0.29) is 5.54 Å². The van der Waals surface area contributed by atoms with E-state index in [9.17, 15) is 0 Å². The molecule has 0 bridgehead atoms. The number of aromatic nitrogens is 2. The van der Waals surface area contributed by atoms with Crippen molar-refractivity contribution in [3.05, 3.63) is 11.9 Å². The highest BCUT2D eigenvalue weighted by Gasteiger charge is 2.29. The second-order valence-electron chi connectivity index (χ2n) is 5.60. The van der Waals surface area contributed by atoms with Gasteiger partial charge in [-0.25, -0.2) is 4.98 Å². The number of nitrogens with one attached hydrogen (secondary N) is 1. The van der Waals surface area contributed by atoms with Crippen LogP contribution in [0.4, 0.5) is 5.95 Å². The maximum atomic E-state index is 4.59. The van der Waals surface area contributed by atoms with Gasteiger partial charge >= 0.3 is 0 Å². The maximum Gasteiger partial charge on any atom is 0.203 e. The van der Waals surface area contributed by atoms with Crippen molar-refractivity contribution in [1.29, 1.82) is 0 Å². The summed E-state index contributed by atoms with van der Waals surface area (Å²) in [7, 11) is 0. The van der Waals surface area contributed by atoms with Crippen molar-refractivity contribution in [3.63, 3.8) is 0 Å². The van der Waals surface area contributed by atoms with Crippen molar-refractivity contribution in [2.45, 2.75) is 65.0 Å². The van der Waals surface area contributed by atoms with Gasteiger partial charge < -0.3 is 9.88 Å². The van der Waals surface area contributed by atoms with Crippen LogP contribution in [0.2, 0.25) is 0 Å². The van der Waals surface area contributed by atoms with Gasteiger partial charge in [0.1, 0.15) is 0 Å². The average Bonchev–Trinajstić information content (AvgIpc) is 2.73. The summed E-state index contributed by atoms with van der Waals surface area (Å²) in [6.07, 6.45) is 7.33. The predicted octanol–water partition coefficient (Wildman–Crippen LogP) is 3.52. The van der Waals surface area contributed by atoms with E-state index in [1.165, 1.54) is 25.7 Å². The summed E-state index contributed by atoms with van der Waals surface area (Å²) < 4.78 is 2.24. The third kappa shape index (κ3) is 2.23. The minimum absolute atomic E-state index is 0.254. The van der Waals surface area contributed by atoms with Gasteiger partial charge in [-0.05, 0) is 40.5 Å². The molecule has 3 heteroatoms. The van der Waals surface area contributed by atoms with Crippen LogP contribution in [0.3, 0.4) is 0 Å². The summed E-state index contributed by atoms with van der Waals surface area (Å²) in [5.41, 5.74) is 1.35. The van der Waals surface area contributed by atoms with Crippen molar-refractivity contribution in [2.75, 3.05) is 5.32 Å². The van der Waals surface area contributed by atoms with Gasteiger partial charge in [-0.15, -0.1) is 0 Å². The minimum Gasteiger partial charge on any atom is -0.350 e. The van der Waals surface area contributed by atoms with Gasteiger partial charge in [0.2, 0.25) is 5.95 Å². The van der Waals surface area contributed by atoms with E-state index in [1.807, 2.05) is 0 Å². The fourth-order valence-electron chi connectivity index (χ4n) is 2.55. The molecule has 0 aromatic carbocycles. The number of nitrogens with zero attached hydrogens (tertiary/aromatic N) is 2. The molecular formula is C13H23N3. The van der Waals surface area contributed by atoms with Crippen molar-refractivity contribution >= 4 is 5.95 Å². The SMILES string of the molecule is Cc1cn(C(C)C)c(NC2(C)CCCC2)n1. The van der Waals surface area contributed by atoms with Crippen LogP contribution in [0.1, 0.15) is 58.2 Å². The van der Waals surface area contributed by atoms with Gasteiger partial charge in [0.05, 0.1) is 5.69 Å². The van der Waals surface area contributed by atoms with Crippen LogP contribution in [-0.2, 0) is 0 Å². The largest absolute Gasteiger partial charge is 0.350 e. The van der Waals surface area contributed by atoms with Crippen LogP contribution in [0.25, 0.3) is 0 Å². The number of rotatable bonds is 3. The molecular weight excluding hydrogens is 198 g/mol. The number of aryl methyl sites for hydroxylation is 1. The Labute approximate surface area is 98.3 Å². The van der Waals surface area contributed by atoms with Gasteiger partial charge in [0.25, 0.3) is 0 Å². The second-order valence-corrected chi connectivity index (χ2v) is 5.60. The first-order valence-electron chi connectivity index (χ1n) is 6.34. The summed E-state index contributed by atoms with van der Waals surface area (Å²) >= 11 is 0. The fourth-order valence-corrected chi connectivity index (χ4v) is 2.55. The van der Waals surface area contributed by atoms with Gasteiger partial charge in [-0.3, -0.25) is 0 Å². The fraction of sp³-hybridized carbons (Fsp3) is 0.769. The molecule has 1 aromatic rings. The van der Waals surface area contributed by atoms with Crippen molar-refractivity contribution < 1.29 is 0 Å². The Kier molecular flexibility index (Phi) is 2.96. The normalized spacial score (nSPS) is 19.3. The van der Waals surface area contributed by atoms with E-state index >= 15 is 0 Å². The zero-order valence-corrected chi connectivity index (χ0v) is 10.9. The molecule has 1 saturated carbocycles. The Hall–Kier alpha value is -0.990. The van der Waals surface area contributed by atoms with Crippen molar-refractivity contribution in [3.8, 4) is 0 Å². The summed E-state index contributed by atoms with van der Waals surface area (Å²) in [6, 6.07) is 0.466. The van der Waals surface area contributed by atoms with E-state index in [0.29, 0.717) is 6.04 Å². The topological polar surface area (TPSA) is 29.9 Å². The number of hydrogen-bond acceptors (Lipinski definition) is 2. The Morgan fingerprint density at radius 2 is 2.00 bits per heavy atom. The van der Waals surface area contributed by atoms with E-state index in [1.54, 1.807) is 0 Å². The summed E-state index contributed by atoms with van der Waals surface area (Å²) in [4.78, 5) is 4.59. The van der Waals surface area contributed by atoms with Crippen LogP contribution in [0, 0.1) is 6.92 Å². The van der Waals surface area contributed by atoms with Crippen molar-refractivity contribution in [1.82, 2.24) is 9.55 Å². The average molecular weight is 221 g/mol. The smallest absolute Gasteiger partial charge is 0.203 e. The van der Waals surface area contributed by atoms with E-state index < -0.39 is 0 Å². The minimum atomic E-state index is 0.254. The van der Waals surface area contributed by atoms with Crippen LogP contribution in [0.5, 0.6) is 0 Å². The molecule has 0 radical (unpaired) electrons. The molecule has 1 fully saturated rings. The van der Waals surface area contributed by atoms with Crippen LogP contribution >= 0.6 is 0 Å². The molecule has 2 rings (SSSR count). The van der Waals surface area contributed by atoms with E-state index in [0.717, 1.165) is 11.6 Å². The predicted molar refractivity (Wildman–Crippen MR) is 67.8 cm³/mol. The number of imidazole rings is 1. The first kappa shape index (κ1) is 11.5. The van der Waals surface area contributed by atoms with E-state index in [4.69, 9.17) is 0 Å². The van der Waals surface area contributed by atoms with Gasteiger partial charge in [-0.2, -0.15) is 0 Å². The lowest BCUT2D eigenvalue weighted by molar-refractivity contribution is 0.513. The Balaban J connectivity index is 2.20. The number of anilines is 1. The molecule has 0 aliphatic heterocycles. The van der Waals surface area contributed by atoms with Gasteiger partial charge in [0.15, 0.2) is 0 Å². The highest BCUT2D eigenvalue weighted by Crippen LogP contribution is 2.32. The molecule has 0 atom stereocenters. The maximum absolute atomic E-state index is 4.59. The monoisotopic (exact) mass is 221 g/mol. The van der Waals surface area contributed by atoms with Crippen LogP contribution in [-0.4, -0.2) is 15.1 Å². The lowest BCUT2D eigenvalue weighted by atomic mass is 10.0. The molecule has 1 N–H and O–H groups in total. The Morgan fingerprint density at radius 1 is 1.38 bits per heavy atom. The lowest BCUT2D eigenvalue weighted by Gasteiger charge is -2.27. The summed E-state index contributed by atoms with van der Waals surface area (Å²) in [6.45, 7) is 8.77. The Morgan fingerprint density at radius 3 is 2.56 bits per heavy atom. The second kappa shape index (κ2) is 4.11. The molecule has 1 aromatic heterocycles. The zero-order chi connectivity index (χ0) is 11.8. The van der Waals surface area contributed by atoms with Crippen molar-refractivity contribution in [2.24, 2.45) is 0 Å².